The quantitative estimate of drug-likeness (QED) is 0.543. The predicted molar refractivity (Wildman–Crippen MR) is 136 cm³/mol. The minimum atomic E-state index is -3.49. The smallest absolute Gasteiger partial charge is 0.253 e. The molecule has 7 nitrogen and oxygen atoms in total. The van der Waals surface area contributed by atoms with Gasteiger partial charge < -0.3 is 9.80 Å². The van der Waals surface area contributed by atoms with Crippen molar-refractivity contribution in [3.05, 3.63) is 53.1 Å². The van der Waals surface area contributed by atoms with Gasteiger partial charge in [-0.1, -0.05) is 23.8 Å². The molecule has 2 aliphatic heterocycles. The summed E-state index contributed by atoms with van der Waals surface area (Å²) in [5.74, 6) is -0.0580. The second-order valence-electron chi connectivity index (χ2n) is 9.12. The maximum absolute atomic E-state index is 13.1. The number of carbonyl (C=O) groups is 1. The summed E-state index contributed by atoms with van der Waals surface area (Å²) in [5.41, 5.74) is 4.06. The third kappa shape index (κ3) is 4.32. The van der Waals surface area contributed by atoms with Crippen LogP contribution in [0.3, 0.4) is 0 Å². The molecule has 0 N–H and O–H groups in total. The molecule has 1 amide bonds. The maximum Gasteiger partial charge on any atom is 0.253 e. The molecule has 2 aromatic carbocycles. The summed E-state index contributed by atoms with van der Waals surface area (Å²) in [7, 11) is -3.49. The van der Waals surface area contributed by atoms with E-state index in [0.717, 1.165) is 43.0 Å². The minimum Gasteiger partial charge on any atom is -0.345 e. The van der Waals surface area contributed by atoms with E-state index < -0.39 is 10.0 Å². The van der Waals surface area contributed by atoms with E-state index in [1.165, 1.54) is 15.8 Å². The number of amides is 1. The number of aromatic nitrogens is 1. The summed E-state index contributed by atoms with van der Waals surface area (Å²) in [6.07, 6.45) is 2.88. The molecule has 2 fully saturated rings. The number of piperazine rings is 1. The Morgan fingerprint density at radius 3 is 2.24 bits per heavy atom. The van der Waals surface area contributed by atoms with Crippen LogP contribution in [-0.2, 0) is 10.0 Å². The molecule has 5 rings (SSSR count). The van der Waals surface area contributed by atoms with Gasteiger partial charge in [-0.15, -0.1) is 0 Å². The van der Waals surface area contributed by atoms with Gasteiger partial charge in [0, 0.05) is 44.8 Å². The number of fused-ring (bicyclic) bond motifs is 1. The molecule has 2 aliphatic rings. The summed E-state index contributed by atoms with van der Waals surface area (Å²) in [5, 5.41) is 1.00. The van der Waals surface area contributed by atoms with Crippen LogP contribution in [0.15, 0.2) is 41.3 Å². The van der Waals surface area contributed by atoms with Gasteiger partial charge in [-0.05, 0) is 68.1 Å². The summed E-state index contributed by atoms with van der Waals surface area (Å²) in [6, 6.07) is 10.7. The monoisotopic (exact) mass is 498 g/mol. The molecule has 3 heterocycles. The van der Waals surface area contributed by atoms with Gasteiger partial charge in [0.15, 0.2) is 5.13 Å². The van der Waals surface area contributed by atoms with Crippen molar-refractivity contribution in [2.24, 2.45) is 0 Å². The Kier molecular flexibility index (Phi) is 6.35. The van der Waals surface area contributed by atoms with Crippen molar-refractivity contribution in [2.45, 2.75) is 38.0 Å². The summed E-state index contributed by atoms with van der Waals surface area (Å²) < 4.78 is 28.5. The Bertz CT molecular complexity index is 1300. The van der Waals surface area contributed by atoms with Crippen molar-refractivity contribution in [3.63, 3.8) is 0 Å². The Morgan fingerprint density at radius 1 is 0.882 bits per heavy atom. The standard InChI is InChI=1S/C25H30N4O3S2/c1-18-6-11-22-23(19(18)2)26-25(33-22)28-16-14-27(15-17-28)24(30)20-7-9-21(10-8-20)34(31,32)29-12-4-3-5-13-29/h6-11H,3-5,12-17H2,1-2H3. The lowest BCUT2D eigenvalue weighted by molar-refractivity contribution is 0.0746. The Hall–Kier alpha value is -2.49. The highest BCUT2D eigenvalue weighted by molar-refractivity contribution is 7.89. The van der Waals surface area contributed by atoms with Crippen LogP contribution in [0.4, 0.5) is 5.13 Å². The number of nitrogens with zero attached hydrogens (tertiary/aromatic N) is 4. The highest BCUT2D eigenvalue weighted by Gasteiger charge is 2.27. The van der Waals surface area contributed by atoms with Gasteiger partial charge in [-0.25, -0.2) is 13.4 Å². The Labute approximate surface area is 205 Å². The molecular formula is C25H30N4O3S2. The topological polar surface area (TPSA) is 73.8 Å². The van der Waals surface area contributed by atoms with Crippen LogP contribution in [0.5, 0.6) is 0 Å². The van der Waals surface area contributed by atoms with Gasteiger partial charge in [0.05, 0.1) is 15.1 Å². The number of benzene rings is 2. The second kappa shape index (κ2) is 9.28. The molecule has 2 saturated heterocycles. The number of rotatable bonds is 4. The van der Waals surface area contributed by atoms with Crippen molar-refractivity contribution >= 4 is 42.6 Å². The van der Waals surface area contributed by atoms with Crippen molar-refractivity contribution in [1.82, 2.24) is 14.2 Å². The van der Waals surface area contributed by atoms with Crippen LogP contribution >= 0.6 is 11.3 Å². The fraction of sp³-hybridized carbons (Fsp3) is 0.440. The van der Waals surface area contributed by atoms with Crippen molar-refractivity contribution in [1.29, 1.82) is 0 Å². The first-order valence-electron chi connectivity index (χ1n) is 11.9. The first-order valence-corrected chi connectivity index (χ1v) is 14.1. The largest absolute Gasteiger partial charge is 0.345 e. The van der Waals surface area contributed by atoms with Crippen LogP contribution in [0.1, 0.15) is 40.7 Å². The fourth-order valence-electron chi connectivity index (χ4n) is 4.66. The number of aryl methyl sites for hydroxylation is 2. The fourth-order valence-corrected chi connectivity index (χ4v) is 7.25. The van der Waals surface area contributed by atoms with E-state index >= 15 is 0 Å². The zero-order valence-corrected chi connectivity index (χ0v) is 21.3. The van der Waals surface area contributed by atoms with Crippen molar-refractivity contribution in [2.75, 3.05) is 44.2 Å². The molecule has 0 spiro atoms. The number of hydrogen-bond donors (Lipinski definition) is 0. The van der Waals surface area contributed by atoms with E-state index in [-0.39, 0.29) is 10.8 Å². The number of carbonyl (C=O) groups excluding carboxylic acids is 1. The molecule has 0 aliphatic carbocycles. The predicted octanol–water partition coefficient (Wildman–Crippen LogP) is 4.05. The zero-order valence-electron chi connectivity index (χ0n) is 19.7. The molecule has 9 heteroatoms. The lowest BCUT2D eigenvalue weighted by Crippen LogP contribution is -2.48. The van der Waals surface area contributed by atoms with Gasteiger partial charge in [-0.3, -0.25) is 4.79 Å². The Balaban J connectivity index is 1.24. The second-order valence-corrected chi connectivity index (χ2v) is 12.1. The molecule has 3 aromatic rings. The van der Waals surface area contributed by atoms with Crippen LogP contribution in [0.2, 0.25) is 0 Å². The van der Waals surface area contributed by atoms with Gasteiger partial charge in [0.2, 0.25) is 10.0 Å². The lowest BCUT2D eigenvalue weighted by atomic mass is 10.1. The number of piperidine rings is 1. The first kappa shape index (κ1) is 23.3. The summed E-state index contributed by atoms with van der Waals surface area (Å²) in [4.78, 5) is 22.3. The number of hydrogen-bond acceptors (Lipinski definition) is 6. The normalized spacial score (nSPS) is 17.9. The van der Waals surface area contributed by atoms with E-state index in [4.69, 9.17) is 4.98 Å². The van der Waals surface area contributed by atoms with Gasteiger partial charge in [-0.2, -0.15) is 4.31 Å². The van der Waals surface area contributed by atoms with Gasteiger partial charge >= 0.3 is 0 Å². The third-order valence-electron chi connectivity index (χ3n) is 6.96. The first-order chi connectivity index (χ1) is 16.3. The van der Waals surface area contributed by atoms with Crippen LogP contribution in [0, 0.1) is 13.8 Å². The minimum absolute atomic E-state index is 0.0580. The zero-order chi connectivity index (χ0) is 23.9. The molecule has 0 radical (unpaired) electrons. The summed E-state index contributed by atoms with van der Waals surface area (Å²) in [6.45, 7) is 8.04. The highest BCUT2D eigenvalue weighted by atomic mass is 32.2. The lowest BCUT2D eigenvalue weighted by Gasteiger charge is -2.34. The average molecular weight is 499 g/mol. The van der Waals surface area contributed by atoms with Crippen molar-refractivity contribution in [3.8, 4) is 0 Å². The highest BCUT2D eigenvalue weighted by Crippen LogP contribution is 2.32. The van der Waals surface area contributed by atoms with Crippen LogP contribution in [0.25, 0.3) is 10.2 Å². The number of sulfonamides is 1. The summed E-state index contributed by atoms with van der Waals surface area (Å²) >= 11 is 1.70. The van der Waals surface area contributed by atoms with E-state index in [0.29, 0.717) is 31.7 Å². The van der Waals surface area contributed by atoms with Crippen LogP contribution < -0.4 is 4.90 Å². The molecule has 0 saturated carbocycles. The molecule has 34 heavy (non-hydrogen) atoms. The third-order valence-corrected chi connectivity index (χ3v) is 9.96. The molecular weight excluding hydrogens is 468 g/mol. The molecule has 180 valence electrons. The number of thiazole rings is 1. The van der Waals surface area contributed by atoms with E-state index in [9.17, 15) is 13.2 Å². The Morgan fingerprint density at radius 2 is 1.56 bits per heavy atom. The SMILES string of the molecule is Cc1ccc2sc(N3CCN(C(=O)c4ccc(S(=O)(=O)N5CCCCC5)cc4)CC3)nc2c1C. The molecule has 1 aromatic heterocycles. The van der Waals surface area contributed by atoms with E-state index in [1.807, 2.05) is 4.90 Å². The maximum atomic E-state index is 13.1. The molecule has 0 unspecified atom stereocenters. The molecule has 0 bridgehead atoms. The average Bonchev–Trinajstić information content (AvgIpc) is 3.32. The van der Waals surface area contributed by atoms with E-state index in [2.05, 4.69) is 30.9 Å². The molecule has 0 atom stereocenters. The van der Waals surface area contributed by atoms with Crippen LogP contribution in [-0.4, -0.2) is 67.8 Å². The van der Waals surface area contributed by atoms with Crippen molar-refractivity contribution < 1.29 is 13.2 Å². The van der Waals surface area contributed by atoms with Gasteiger partial charge in [0.25, 0.3) is 5.91 Å². The number of anilines is 1. The van der Waals surface area contributed by atoms with Gasteiger partial charge in [0.1, 0.15) is 0 Å². The van der Waals surface area contributed by atoms with E-state index in [1.54, 1.807) is 39.9 Å².